The van der Waals surface area contributed by atoms with Crippen LogP contribution in [0.15, 0.2) is 97.1 Å². The summed E-state index contributed by atoms with van der Waals surface area (Å²) < 4.78 is 7.19. The molecule has 0 fully saturated rings. The maximum absolute atomic E-state index is 5.97. The summed E-state index contributed by atoms with van der Waals surface area (Å²) in [6.07, 6.45) is 8.29. The number of fused-ring (bicyclic) bond motifs is 2. The molecular formula is C25H20N2OS. The van der Waals surface area contributed by atoms with Crippen LogP contribution in [0.3, 0.4) is 0 Å². The Bertz CT molecular complexity index is 1160. The van der Waals surface area contributed by atoms with Gasteiger partial charge in [-0.05, 0) is 54.6 Å². The smallest absolute Gasteiger partial charge is 0.143 e. The Morgan fingerprint density at radius 1 is 0.828 bits per heavy atom. The number of para-hydroxylation sites is 3. The molecule has 0 amide bonds. The van der Waals surface area contributed by atoms with Gasteiger partial charge in [0.1, 0.15) is 17.4 Å². The number of allylic oxidation sites excluding steroid dienone is 2. The molecule has 1 aliphatic heterocycles. The molecule has 0 saturated carbocycles. The van der Waals surface area contributed by atoms with E-state index in [0.717, 1.165) is 39.8 Å². The van der Waals surface area contributed by atoms with Gasteiger partial charge in [-0.25, -0.2) is 4.98 Å². The van der Waals surface area contributed by atoms with Crippen LogP contribution in [-0.4, -0.2) is 18.1 Å². The van der Waals surface area contributed by atoms with Gasteiger partial charge in [-0.15, -0.1) is 11.3 Å². The van der Waals surface area contributed by atoms with Gasteiger partial charge in [0.15, 0.2) is 0 Å². The number of hydrogen-bond donors (Lipinski definition) is 0. The van der Waals surface area contributed by atoms with Crippen molar-refractivity contribution >= 4 is 32.9 Å². The summed E-state index contributed by atoms with van der Waals surface area (Å²) in [6.45, 7) is 1.33. The number of aromatic nitrogens is 1. The third kappa shape index (κ3) is 3.67. The molecule has 1 aromatic heterocycles. The van der Waals surface area contributed by atoms with E-state index >= 15 is 0 Å². The van der Waals surface area contributed by atoms with Crippen molar-refractivity contribution in [3.8, 4) is 16.3 Å². The van der Waals surface area contributed by atoms with Crippen molar-refractivity contribution in [2.45, 2.75) is 0 Å². The Morgan fingerprint density at radius 3 is 2.52 bits per heavy atom. The van der Waals surface area contributed by atoms with Crippen LogP contribution in [0.4, 0.5) is 11.4 Å². The average Bonchev–Trinajstić information content (AvgIpc) is 3.21. The third-order valence-electron chi connectivity index (χ3n) is 4.88. The van der Waals surface area contributed by atoms with Crippen LogP contribution in [0.2, 0.25) is 0 Å². The van der Waals surface area contributed by atoms with Crippen molar-refractivity contribution in [2.24, 2.45) is 0 Å². The van der Waals surface area contributed by atoms with E-state index in [1.807, 2.05) is 30.4 Å². The number of thiazole rings is 1. The van der Waals surface area contributed by atoms with E-state index in [1.54, 1.807) is 11.3 Å². The zero-order valence-electron chi connectivity index (χ0n) is 15.9. The lowest BCUT2D eigenvalue weighted by atomic mass is 10.1. The van der Waals surface area contributed by atoms with Gasteiger partial charge < -0.3 is 9.64 Å². The molecule has 0 saturated heterocycles. The van der Waals surface area contributed by atoms with Gasteiger partial charge in [0.25, 0.3) is 0 Å². The van der Waals surface area contributed by atoms with E-state index in [9.17, 15) is 0 Å². The molecule has 4 aromatic rings. The van der Waals surface area contributed by atoms with Gasteiger partial charge in [0, 0.05) is 17.8 Å². The lowest BCUT2D eigenvalue weighted by molar-refractivity contribution is 0.363. The summed E-state index contributed by atoms with van der Waals surface area (Å²) in [7, 11) is 0. The van der Waals surface area contributed by atoms with Gasteiger partial charge in [0.05, 0.1) is 15.9 Å². The molecule has 3 aromatic carbocycles. The van der Waals surface area contributed by atoms with Crippen molar-refractivity contribution < 1.29 is 4.74 Å². The topological polar surface area (TPSA) is 25.4 Å². The molecule has 0 spiro atoms. The highest BCUT2D eigenvalue weighted by molar-refractivity contribution is 7.21. The highest BCUT2D eigenvalue weighted by Crippen LogP contribution is 2.36. The fraction of sp³-hybridized carbons (Fsp3) is 0.0800. The van der Waals surface area contributed by atoms with Crippen LogP contribution >= 0.6 is 11.3 Å². The fourth-order valence-corrected chi connectivity index (χ4v) is 4.41. The summed E-state index contributed by atoms with van der Waals surface area (Å²) in [5, 5.41) is 1.05. The molecule has 3 nitrogen and oxygen atoms in total. The highest BCUT2D eigenvalue weighted by atomic mass is 32.1. The van der Waals surface area contributed by atoms with Crippen LogP contribution in [0.5, 0.6) is 5.75 Å². The maximum atomic E-state index is 5.97. The lowest BCUT2D eigenvalue weighted by Crippen LogP contribution is -2.18. The predicted octanol–water partition coefficient (Wildman–Crippen LogP) is 6.61. The van der Waals surface area contributed by atoms with E-state index in [1.165, 1.54) is 4.70 Å². The number of nitrogens with zero attached hydrogens (tertiary/aromatic N) is 2. The van der Waals surface area contributed by atoms with Crippen molar-refractivity contribution in [3.05, 3.63) is 97.1 Å². The normalized spacial score (nSPS) is 16.1. The van der Waals surface area contributed by atoms with Crippen LogP contribution in [-0.2, 0) is 0 Å². The molecule has 0 aliphatic carbocycles. The Labute approximate surface area is 174 Å². The first-order valence-electron chi connectivity index (χ1n) is 9.65. The van der Waals surface area contributed by atoms with Crippen LogP contribution in [0.1, 0.15) is 0 Å². The number of benzene rings is 3. The summed E-state index contributed by atoms with van der Waals surface area (Å²) in [5.74, 6) is 0.891. The van der Waals surface area contributed by atoms with Crippen LogP contribution in [0.25, 0.3) is 20.8 Å². The molecule has 0 atom stereocenters. The standard InChI is InChI=1S/C25H20N2OS/c1-2-8-18-28-23-11-5-4-10-22(23)27(17-7-1)20-15-13-19(14-16-20)25-26-21-9-3-6-12-24(21)29-25/h1-16H,17-18H2/b7-1-,8-2-. The average molecular weight is 397 g/mol. The minimum absolute atomic E-state index is 0.561. The fourth-order valence-electron chi connectivity index (χ4n) is 3.44. The molecular weight excluding hydrogens is 376 g/mol. The third-order valence-corrected chi connectivity index (χ3v) is 5.97. The molecule has 142 valence electrons. The molecule has 0 bridgehead atoms. The van der Waals surface area contributed by atoms with Crippen LogP contribution < -0.4 is 9.64 Å². The zero-order valence-corrected chi connectivity index (χ0v) is 16.7. The molecule has 1 aliphatic rings. The second-order valence-corrected chi connectivity index (χ2v) is 7.81. The molecule has 0 unspecified atom stereocenters. The zero-order chi connectivity index (χ0) is 19.5. The van der Waals surface area contributed by atoms with Gasteiger partial charge in [-0.2, -0.15) is 0 Å². The van der Waals surface area contributed by atoms with E-state index in [2.05, 4.69) is 71.6 Å². The largest absolute Gasteiger partial charge is 0.487 e. The molecule has 2 heterocycles. The molecule has 4 heteroatoms. The van der Waals surface area contributed by atoms with E-state index in [4.69, 9.17) is 9.72 Å². The monoisotopic (exact) mass is 396 g/mol. The van der Waals surface area contributed by atoms with Gasteiger partial charge in [-0.3, -0.25) is 0 Å². The first-order chi connectivity index (χ1) is 14.4. The molecule has 0 radical (unpaired) electrons. The van der Waals surface area contributed by atoms with Crippen molar-refractivity contribution in [1.82, 2.24) is 4.98 Å². The van der Waals surface area contributed by atoms with Gasteiger partial charge >= 0.3 is 0 Å². The quantitative estimate of drug-likeness (QED) is 0.381. The van der Waals surface area contributed by atoms with E-state index < -0.39 is 0 Å². The van der Waals surface area contributed by atoms with E-state index in [0.29, 0.717) is 6.61 Å². The predicted molar refractivity (Wildman–Crippen MR) is 122 cm³/mol. The SMILES string of the molecule is C1=C\COc2ccccc2N(c2ccc(-c3nc4ccccc4s3)cc2)C\C=C/1. The summed E-state index contributed by atoms with van der Waals surface area (Å²) >= 11 is 1.73. The first-order valence-corrected chi connectivity index (χ1v) is 10.5. The lowest BCUT2D eigenvalue weighted by Gasteiger charge is -2.26. The molecule has 5 rings (SSSR count). The number of hydrogen-bond acceptors (Lipinski definition) is 4. The Kier molecular flexibility index (Phi) is 4.85. The second-order valence-electron chi connectivity index (χ2n) is 6.78. The van der Waals surface area contributed by atoms with Crippen LogP contribution in [0, 0.1) is 0 Å². The maximum Gasteiger partial charge on any atom is 0.143 e. The summed E-state index contributed by atoms with van der Waals surface area (Å²) in [5.41, 5.74) is 4.39. The summed E-state index contributed by atoms with van der Waals surface area (Å²) in [4.78, 5) is 7.05. The minimum atomic E-state index is 0.561. The highest BCUT2D eigenvalue weighted by Gasteiger charge is 2.14. The summed E-state index contributed by atoms with van der Waals surface area (Å²) in [6, 6.07) is 25.1. The number of ether oxygens (including phenoxy) is 1. The Balaban J connectivity index is 1.51. The minimum Gasteiger partial charge on any atom is -0.487 e. The first kappa shape index (κ1) is 17.7. The van der Waals surface area contributed by atoms with Crippen molar-refractivity contribution in [2.75, 3.05) is 18.1 Å². The van der Waals surface area contributed by atoms with Crippen molar-refractivity contribution in [1.29, 1.82) is 0 Å². The molecule has 0 N–H and O–H groups in total. The number of anilines is 2. The van der Waals surface area contributed by atoms with Gasteiger partial charge in [-0.1, -0.05) is 42.5 Å². The Morgan fingerprint density at radius 2 is 1.62 bits per heavy atom. The molecule has 29 heavy (non-hydrogen) atoms. The Hall–Kier alpha value is -3.37. The second kappa shape index (κ2) is 7.94. The van der Waals surface area contributed by atoms with E-state index in [-0.39, 0.29) is 0 Å². The number of rotatable bonds is 2. The van der Waals surface area contributed by atoms with Crippen molar-refractivity contribution in [3.63, 3.8) is 0 Å². The van der Waals surface area contributed by atoms with Gasteiger partial charge in [0.2, 0.25) is 0 Å².